The molecule has 8 N–H and O–H groups in total. The van der Waals surface area contributed by atoms with Crippen LogP contribution in [0, 0.1) is 0 Å². The van der Waals surface area contributed by atoms with Crippen LogP contribution in [0.25, 0.3) is 0 Å². The number of aliphatic hydroxyl groups is 6. The van der Waals surface area contributed by atoms with Crippen molar-refractivity contribution in [2.24, 2.45) is 0 Å². The van der Waals surface area contributed by atoms with Gasteiger partial charge in [-0.25, -0.2) is 0 Å². The van der Waals surface area contributed by atoms with E-state index in [0.717, 1.165) is 6.07 Å². The summed E-state index contributed by atoms with van der Waals surface area (Å²) in [6, 6.07) is 6.90. The number of phenols is 2. The van der Waals surface area contributed by atoms with Crippen LogP contribution in [0.2, 0.25) is 0 Å². The third-order valence-electron chi connectivity index (χ3n) is 7.70. The van der Waals surface area contributed by atoms with Crippen LogP contribution in [0.5, 0.6) is 28.7 Å². The Morgan fingerprint density at radius 3 is 2.23 bits per heavy atom. The first kappa shape index (κ1) is 31.2. The zero-order chi connectivity index (χ0) is 31.2. The van der Waals surface area contributed by atoms with Crippen LogP contribution in [0.1, 0.15) is 35.4 Å². The van der Waals surface area contributed by atoms with E-state index in [1.165, 1.54) is 32.2 Å². The van der Waals surface area contributed by atoms with Crippen molar-refractivity contribution in [3.05, 3.63) is 41.5 Å². The van der Waals surface area contributed by atoms with E-state index in [-0.39, 0.29) is 35.0 Å². The average molecular weight is 611 g/mol. The van der Waals surface area contributed by atoms with Gasteiger partial charge in [-0.3, -0.25) is 4.79 Å². The van der Waals surface area contributed by atoms with E-state index in [9.17, 15) is 45.6 Å². The minimum atomic E-state index is -1.77. The molecule has 15 nitrogen and oxygen atoms in total. The summed E-state index contributed by atoms with van der Waals surface area (Å²) in [4.78, 5) is 12.9. The summed E-state index contributed by atoms with van der Waals surface area (Å²) in [6.07, 6.45) is -15.9. The number of aromatic hydroxyl groups is 2. The number of carbonyl (C=O) groups is 1. The highest BCUT2D eigenvalue weighted by Crippen LogP contribution is 2.43. The second-order valence-corrected chi connectivity index (χ2v) is 10.6. The maximum atomic E-state index is 12.9. The number of benzene rings is 2. The lowest BCUT2D eigenvalue weighted by atomic mass is 9.95. The molecule has 0 aromatic heterocycles. The Morgan fingerprint density at radius 2 is 1.53 bits per heavy atom. The number of methoxy groups -OCH3 is 1. The van der Waals surface area contributed by atoms with Gasteiger partial charge >= 0.3 is 0 Å². The second kappa shape index (κ2) is 12.4. The standard InChI is InChI=1S/C28H34O15/c1-10-21(32)23(34)25(36)27(40-10)39-9-19-22(33)24(35)26(37)28(43-19)41-12-6-14(30)20-15(31)8-17(42-18(20)7-12)11-3-4-16(38-2)13(29)5-11/h3-7,10,17,19,21-30,32-37H,8-9H2,1-2H3/t10-,17-,19+,21-,22+,23+,24-,25+,26+,27-,28+/m0/s1. The summed E-state index contributed by atoms with van der Waals surface area (Å²) in [5.74, 6) is -0.999. The van der Waals surface area contributed by atoms with Crippen LogP contribution in [-0.2, 0) is 14.2 Å². The topological polar surface area (TPSA) is 234 Å². The molecule has 3 aliphatic heterocycles. The summed E-state index contributed by atoms with van der Waals surface area (Å²) >= 11 is 0. The second-order valence-electron chi connectivity index (χ2n) is 10.6. The zero-order valence-corrected chi connectivity index (χ0v) is 23.1. The van der Waals surface area contributed by atoms with E-state index in [1.54, 1.807) is 6.07 Å². The fourth-order valence-electron chi connectivity index (χ4n) is 5.20. The Labute approximate surface area is 245 Å². The summed E-state index contributed by atoms with van der Waals surface area (Å²) in [5, 5.41) is 82.2. The van der Waals surface area contributed by atoms with Crippen molar-refractivity contribution < 1.29 is 74.1 Å². The Morgan fingerprint density at radius 1 is 0.837 bits per heavy atom. The van der Waals surface area contributed by atoms with Crippen LogP contribution in [0.4, 0.5) is 0 Å². The molecule has 236 valence electrons. The van der Waals surface area contributed by atoms with Crippen LogP contribution in [0.3, 0.4) is 0 Å². The molecule has 2 fully saturated rings. The van der Waals surface area contributed by atoms with Crippen molar-refractivity contribution in [2.45, 2.75) is 80.9 Å². The van der Waals surface area contributed by atoms with Crippen molar-refractivity contribution >= 4 is 5.78 Å². The number of hydrogen-bond donors (Lipinski definition) is 8. The number of Topliss-reactive ketones (excluding diaryl/α,β-unsaturated/α-hetero) is 1. The lowest BCUT2D eigenvalue weighted by molar-refractivity contribution is -0.318. The number of fused-ring (bicyclic) bond motifs is 1. The van der Waals surface area contributed by atoms with Crippen LogP contribution in [-0.4, -0.2) is 122 Å². The maximum Gasteiger partial charge on any atom is 0.229 e. The molecule has 0 amide bonds. The van der Waals surface area contributed by atoms with Gasteiger partial charge in [0.05, 0.1) is 26.2 Å². The van der Waals surface area contributed by atoms with E-state index in [2.05, 4.69) is 0 Å². The maximum absolute atomic E-state index is 12.9. The highest BCUT2D eigenvalue weighted by molar-refractivity contribution is 6.02. The van der Waals surface area contributed by atoms with Gasteiger partial charge in [-0.05, 0) is 24.6 Å². The first-order chi connectivity index (χ1) is 20.4. The molecule has 0 aliphatic carbocycles. The largest absolute Gasteiger partial charge is 0.507 e. The number of ketones is 1. The number of ether oxygens (including phenoxy) is 6. The quantitative estimate of drug-likeness (QED) is 0.185. The van der Waals surface area contributed by atoms with Crippen molar-refractivity contribution in [1.29, 1.82) is 0 Å². The molecule has 0 spiro atoms. The molecular weight excluding hydrogens is 576 g/mol. The number of rotatable bonds is 7. The van der Waals surface area contributed by atoms with Gasteiger partial charge in [-0.1, -0.05) is 6.07 Å². The lowest BCUT2D eigenvalue weighted by Gasteiger charge is -2.42. The predicted molar refractivity (Wildman–Crippen MR) is 141 cm³/mol. The minimum Gasteiger partial charge on any atom is -0.507 e. The number of hydrogen-bond acceptors (Lipinski definition) is 15. The summed E-state index contributed by atoms with van der Waals surface area (Å²) in [6.45, 7) is 0.964. The third-order valence-corrected chi connectivity index (χ3v) is 7.70. The van der Waals surface area contributed by atoms with E-state index >= 15 is 0 Å². The molecule has 15 heteroatoms. The van der Waals surface area contributed by atoms with E-state index in [1.807, 2.05) is 0 Å². The molecular formula is C28H34O15. The molecule has 0 radical (unpaired) electrons. The van der Waals surface area contributed by atoms with Gasteiger partial charge in [0.15, 0.2) is 23.6 Å². The molecule has 2 aromatic carbocycles. The van der Waals surface area contributed by atoms with E-state index in [4.69, 9.17) is 28.4 Å². The van der Waals surface area contributed by atoms with Gasteiger partial charge in [0.1, 0.15) is 71.6 Å². The van der Waals surface area contributed by atoms with Gasteiger partial charge in [0, 0.05) is 12.1 Å². The molecule has 43 heavy (non-hydrogen) atoms. The molecule has 2 saturated heterocycles. The summed E-state index contributed by atoms with van der Waals surface area (Å²) in [7, 11) is 1.39. The highest BCUT2D eigenvalue weighted by Gasteiger charge is 2.47. The SMILES string of the molecule is COc1ccc([C@@H]2CC(=O)c3c(O)cc(O[C@@H]4O[C@H](CO[C@H]5O[C@@H](C)[C@H](O)[C@@H](O)[C@H]5O)[C@@H](O)[C@H](O)[C@H]4O)cc3O2)cc1O. The Hall–Kier alpha value is -3.25. The molecule has 0 saturated carbocycles. The van der Waals surface area contributed by atoms with E-state index in [0.29, 0.717) is 5.56 Å². The van der Waals surface area contributed by atoms with Gasteiger partial charge < -0.3 is 69.3 Å². The van der Waals surface area contributed by atoms with Gasteiger partial charge in [0.25, 0.3) is 0 Å². The molecule has 3 aliphatic rings. The fraction of sp³-hybridized carbons (Fsp3) is 0.536. The Balaban J connectivity index is 1.30. The molecule has 11 atom stereocenters. The third kappa shape index (κ3) is 6.08. The smallest absolute Gasteiger partial charge is 0.229 e. The van der Waals surface area contributed by atoms with Crippen LogP contribution in [0.15, 0.2) is 30.3 Å². The minimum absolute atomic E-state index is 0.0457. The van der Waals surface area contributed by atoms with Crippen molar-refractivity contribution in [1.82, 2.24) is 0 Å². The number of phenolic OH excluding ortho intramolecular Hbond substituents is 2. The van der Waals surface area contributed by atoms with Gasteiger partial charge in [-0.15, -0.1) is 0 Å². The molecule has 5 rings (SSSR count). The monoisotopic (exact) mass is 610 g/mol. The molecule has 0 bridgehead atoms. The number of aliphatic hydroxyl groups excluding tert-OH is 6. The van der Waals surface area contributed by atoms with Gasteiger partial charge in [0.2, 0.25) is 6.29 Å². The highest BCUT2D eigenvalue weighted by atomic mass is 16.7. The van der Waals surface area contributed by atoms with Crippen LogP contribution < -0.4 is 14.2 Å². The van der Waals surface area contributed by atoms with Crippen molar-refractivity contribution in [3.63, 3.8) is 0 Å². The first-order valence-corrected chi connectivity index (χ1v) is 13.5. The van der Waals surface area contributed by atoms with Crippen molar-refractivity contribution in [3.8, 4) is 28.7 Å². The zero-order valence-electron chi connectivity index (χ0n) is 23.1. The predicted octanol–water partition coefficient (Wildman–Crippen LogP) is -1.16. The first-order valence-electron chi connectivity index (χ1n) is 13.5. The van der Waals surface area contributed by atoms with Gasteiger partial charge in [-0.2, -0.15) is 0 Å². The lowest BCUT2D eigenvalue weighted by Crippen LogP contribution is -2.61. The number of carbonyl (C=O) groups excluding carboxylic acids is 1. The molecule has 3 heterocycles. The fourth-order valence-corrected chi connectivity index (χ4v) is 5.20. The van der Waals surface area contributed by atoms with Crippen molar-refractivity contribution in [2.75, 3.05) is 13.7 Å². The van der Waals surface area contributed by atoms with E-state index < -0.39 is 85.7 Å². The van der Waals surface area contributed by atoms with Crippen LogP contribution >= 0.6 is 0 Å². The molecule has 2 aromatic rings. The summed E-state index contributed by atoms with van der Waals surface area (Å²) < 4.78 is 33.1. The molecule has 0 unspecified atom stereocenters. The average Bonchev–Trinajstić information content (AvgIpc) is 2.97. The Bertz CT molecular complexity index is 1320. The Kier molecular flexibility index (Phi) is 8.99. The normalized spacial score (nSPS) is 36.0. The summed E-state index contributed by atoms with van der Waals surface area (Å²) in [5.41, 5.74) is 0.373.